The van der Waals surface area contributed by atoms with Crippen LogP contribution in [0.25, 0.3) is 0 Å². The predicted molar refractivity (Wildman–Crippen MR) is 73.4 cm³/mol. The van der Waals surface area contributed by atoms with E-state index >= 15 is 0 Å². The van der Waals surface area contributed by atoms with E-state index in [9.17, 15) is 4.79 Å². The highest BCUT2D eigenvalue weighted by molar-refractivity contribution is 5.89. The standard InChI is InChI=1S/C14H20N2O4/c1-2-3-6-19-7-8-20-11-4-5-16-13(9-11)12(10-15-16)14(17)18/h4-5,9,15H,2-3,6-8,10H2,1H3,(H,17,18). The number of nitrogens with zero attached hydrogens (tertiary/aromatic N) is 1. The van der Waals surface area contributed by atoms with Crippen LogP contribution in [0.15, 0.2) is 35.4 Å². The van der Waals surface area contributed by atoms with Crippen molar-refractivity contribution in [3.63, 3.8) is 0 Å². The van der Waals surface area contributed by atoms with Crippen LogP contribution in [0.1, 0.15) is 19.8 Å². The molecule has 2 rings (SSSR count). The minimum atomic E-state index is -0.913. The molecule has 2 N–H and O–H groups in total. The van der Waals surface area contributed by atoms with Crippen LogP contribution in [0.4, 0.5) is 0 Å². The van der Waals surface area contributed by atoms with Crippen LogP contribution in [-0.4, -0.2) is 42.5 Å². The average molecular weight is 280 g/mol. The predicted octanol–water partition coefficient (Wildman–Crippen LogP) is 1.39. The molecule has 0 saturated carbocycles. The Morgan fingerprint density at radius 3 is 3.05 bits per heavy atom. The number of carbonyl (C=O) groups is 1. The Balaban J connectivity index is 1.84. The molecule has 0 spiro atoms. The van der Waals surface area contributed by atoms with Gasteiger partial charge in [0.2, 0.25) is 0 Å². The van der Waals surface area contributed by atoms with Gasteiger partial charge in [0.15, 0.2) is 0 Å². The van der Waals surface area contributed by atoms with Gasteiger partial charge in [-0.15, -0.1) is 0 Å². The third-order valence-corrected chi connectivity index (χ3v) is 3.06. The van der Waals surface area contributed by atoms with Gasteiger partial charge in [0.05, 0.1) is 17.9 Å². The van der Waals surface area contributed by atoms with Crippen molar-refractivity contribution in [1.29, 1.82) is 0 Å². The van der Waals surface area contributed by atoms with E-state index in [2.05, 4.69) is 12.3 Å². The van der Waals surface area contributed by atoms with Crippen molar-refractivity contribution in [1.82, 2.24) is 10.4 Å². The molecular weight excluding hydrogens is 260 g/mol. The van der Waals surface area contributed by atoms with Gasteiger partial charge in [0, 0.05) is 25.4 Å². The van der Waals surface area contributed by atoms with Gasteiger partial charge in [-0.1, -0.05) is 13.3 Å². The molecule has 0 aliphatic carbocycles. The molecule has 6 nitrogen and oxygen atoms in total. The topological polar surface area (TPSA) is 71.0 Å². The Bertz CT molecular complexity index is 454. The third kappa shape index (κ3) is 3.61. The second-order valence-electron chi connectivity index (χ2n) is 4.55. The summed E-state index contributed by atoms with van der Waals surface area (Å²) in [4.78, 5) is 11.1. The molecule has 0 aromatic rings. The molecule has 0 radical (unpaired) electrons. The zero-order chi connectivity index (χ0) is 14.4. The summed E-state index contributed by atoms with van der Waals surface area (Å²) in [6.45, 7) is 4.19. The number of hydrazine groups is 1. The Hall–Kier alpha value is -1.79. The number of ether oxygens (including phenoxy) is 2. The second-order valence-corrected chi connectivity index (χ2v) is 4.55. The zero-order valence-electron chi connectivity index (χ0n) is 11.6. The smallest absolute Gasteiger partial charge is 0.335 e. The average Bonchev–Trinajstić information content (AvgIpc) is 2.86. The van der Waals surface area contributed by atoms with Gasteiger partial charge in [0.25, 0.3) is 0 Å². The molecule has 110 valence electrons. The molecular formula is C14H20N2O4. The van der Waals surface area contributed by atoms with Gasteiger partial charge >= 0.3 is 5.97 Å². The van der Waals surface area contributed by atoms with Crippen molar-refractivity contribution in [2.24, 2.45) is 0 Å². The molecule has 2 aliphatic rings. The van der Waals surface area contributed by atoms with E-state index in [0.29, 0.717) is 36.8 Å². The highest BCUT2D eigenvalue weighted by atomic mass is 16.5. The summed E-state index contributed by atoms with van der Waals surface area (Å²) in [5.74, 6) is -0.262. The Labute approximate surface area is 118 Å². The molecule has 2 aliphatic heterocycles. The van der Waals surface area contributed by atoms with Crippen LogP contribution in [0.5, 0.6) is 0 Å². The summed E-state index contributed by atoms with van der Waals surface area (Å²) in [6.07, 6.45) is 7.46. The van der Waals surface area contributed by atoms with Gasteiger partial charge in [-0.05, 0) is 12.5 Å². The summed E-state index contributed by atoms with van der Waals surface area (Å²) in [7, 11) is 0. The van der Waals surface area contributed by atoms with Gasteiger partial charge in [-0.3, -0.25) is 5.01 Å². The van der Waals surface area contributed by atoms with Gasteiger partial charge in [0.1, 0.15) is 12.4 Å². The number of allylic oxidation sites excluding steroid dienone is 2. The summed E-state index contributed by atoms with van der Waals surface area (Å²) in [5, 5.41) is 10.8. The summed E-state index contributed by atoms with van der Waals surface area (Å²) in [5.41, 5.74) is 3.94. The van der Waals surface area contributed by atoms with Crippen molar-refractivity contribution in [3.05, 3.63) is 35.4 Å². The zero-order valence-corrected chi connectivity index (χ0v) is 11.6. The Morgan fingerprint density at radius 2 is 2.30 bits per heavy atom. The van der Waals surface area contributed by atoms with E-state index in [4.69, 9.17) is 14.6 Å². The van der Waals surface area contributed by atoms with Crippen molar-refractivity contribution in [2.75, 3.05) is 26.4 Å². The largest absolute Gasteiger partial charge is 0.491 e. The van der Waals surface area contributed by atoms with Crippen LogP contribution in [0.3, 0.4) is 0 Å². The fraction of sp³-hybridized carbons (Fsp3) is 0.500. The number of carboxylic acid groups (broad SMARTS) is 1. The molecule has 6 heteroatoms. The number of unbranched alkanes of at least 4 members (excludes halogenated alkanes) is 1. The SMILES string of the molecule is CCCCOCCOC1=CC2=C(C(=O)O)CNN2C=C1. The maximum absolute atomic E-state index is 11.1. The number of aliphatic carboxylic acids is 1. The van der Waals surface area contributed by atoms with Crippen LogP contribution in [-0.2, 0) is 14.3 Å². The molecule has 0 unspecified atom stereocenters. The molecule has 0 aromatic carbocycles. The number of fused-ring (bicyclic) bond motifs is 1. The number of carboxylic acids is 1. The lowest BCUT2D eigenvalue weighted by Gasteiger charge is -2.20. The normalized spacial score (nSPS) is 17.2. The molecule has 0 aromatic heterocycles. The van der Waals surface area contributed by atoms with Gasteiger partial charge in [-0.2, -0.15) is 0 Å². The van der Waals surface area contributed by atoms with Crippen molar-refractivity contribution in [2.45, 2.75) is 19.8 Å². The van der Waals surface area contributed by atoms with E-state index in [1.165, 1.54) is 0 Å². The summed E-state index contributed by atoms with van der Waals surface area (Å²) in [6, 6.07) is 0. The second kappa shape index (κ2) is 7.12. The lowest BCUT2D eigenvalue weighted by atomic mass is 10.2. The number of rotatable bonds is 8. The van der Waals surface area contributed by atoms with Crippen LogP contribution < -0.4 is 5.43 Å². The fourth-order valence-corrected chi connectivity index (χ4v) is 1.95. The van der Waals surface area contributed by atoms with E-state index in [-0.39, 0.29) is 0 Å². The Morgan fingerprint density at radius 1 is 1.45 bits per heavy atom. The van der Waals surface area contributed by atoms with Crippen LogP contribution in [0, 0.1) is 0 Å². The lowest BCUT2D eigenvalue weighted by Crippen LogP contribution is -2.27. The molecule has 0 amide bonds. The molecule has 0 saturated heterocycles. The first-order valence-corrected chi connectivity index (χ1v) is 6.82. The summed E-state index contributed by atoms with van der Waals surface area (Å²) >= 11 is 0. The lowest BCUT2D eigenvalue weighted by molar-refractivity contribution is -0.132. The summed E-state index contributed by atoms with van der Waals surface area (Å²) < 4.78 is 11.0. The van der Waals surface area contributed by atoms with Crippen LogP contribution >= 0.6 is 0 Å². The highest BCUT2D eigenvalue weighted by Gasteiger charge is 2.26. The quantitative estimate of drug-likeness (QED) is 0.655. The minimum absolute atomic E-state index is 0.318. The van der Waals surface area contributed by atoms with E-state index in [1.807, 2.05) is 0 Å². The molecule has 20 heavy (non-hydrogen) atoms. The molecule has 0 fully saturated rings. The molecule has 2 heterocycles. The van der Waals surface area contributed by atoms with Gasteiger partial charge in [-0.25, -0.2) is 10.2 Å². The first kappa shape index (κ1) is 14.6. The Kier molecular flexibility index (Phi) is 5.20. The van der Waals surface area contributed by atoms with Crippen molar-refractivity contribution < 1.29 is 19.4 Å². The number of nitrogens with one attached hydrogen (secondary N) is 1. The maximum Gasteiger partial charge on any atom is 0.335 e. The van der Waals surface area contributed by atoms with Gasteiger partial charge < -0.3 is 14.6 Å². The van der Waals surface area contributed by atoms with E-state index in [0.717, 1.165) is 19.4 Å². The molecule has 0 atom stereocenters. The number of hydrogen-bond acceptors (Lipinski definition) is 5. The third-order valence-electron chi connectivity index (χ3n) is 3.06. The van der Waals surface area contributed by atoms with E-state index < -0.39 is 5.97 Å². The molecule has 0 bridgehead atoms. The maximum atomic E-state index is 11.1. The monoisotopic (exact) mass is 280 g/mol. The fourth-order valence-electron chi connectivity index (χ4n) is 1.95. The first-order valence-electron chi connectivity index (χ1n) is 6.82. The van der Waals surface area contributed by atoms with Crippen LogP contribution in [0.2, 0.25) is 0 Å². The highest BCUT2D eigenvalue weighted by Crippen LogP contribution is 2.23. The first-order chi connectivity index (χ1) is 9.72. The van der Waals surface area contributed by atoms with E-state index in [1.54, 1.807) is 23.4 Å². The van der Waals surface area contributed by atoms with Crippen molar-refractivity contribution in [3.8, 4) is 0 Å². The minimum Gasteiger partial charge on any atom is -0.491 e. The van der Waals surface area contributed by atoms with Crippen molar-refractivity contribution >= 4 is 5.97 Å². The number of hydrogen-bond donors (Lipinski definition) is 2.